The van der Waals surface area contributed by atoms with Gasteiger partial charge < -0.3 is 21.1 Å². The highest BCUT2D eigenvalue weighted by molar-refractivity contribution is 5.69. The number of likely N-dealkylation sites (tertiary alicyclic amines) is 1. The zero-order valence-electron chi connectivity index (χ0n) is 12.1. The molecular formula is C14H25N3O2. The van der Waals surface area contributed by atoms with Crippen LogP contribution >= 0.6 is 0 Å². The van der Waals surface area contributed by atoms with Gasteiger partial charge in [0.15, 0.2) is 0 Å². The maximum Gasteiger partial charge on any atom is 0.410 e. The molecule has 4 N–H and O–H groups in total. The van der Waals surface area contributed by atoms with Crippen LogP contribution in [0.25, 0.3) is 0 Å². The zero-order chi connectivity index (χ0) is 14.5. The molecule has 0 bridgehead atoms. The molecule has 1 amide bonds. The average Bonchev–Trinajstić information content (AvgIpc) is 2.34. The number of piperidine rings is 1. The summed E-state index contributed by atoms with van der Waals surface area (Å²) in [6, 6.07) is -0.0478. The van der Waals surface area contributed by atoms with Gasteiger partial charge in [-0.3, -0.25) is 0 Å². The molecule has 108 valence electrons. The van der Waals surface area contributed by atoms with Gasteiger partial charge in [0.25, 0.3) is 0 Å². The lowest BCUT2D eigenvalue weighted by Gasteiger charge is -2.37. The molecule has 0 saturated carbocycles. The van der Waals surface area contributed by atoms with E-state index in [0.717, 1.165) is 24.8 Å². The Labute approximate surface area is 115 Å². The molecule has 1 atom stereocenters. The third-order valence-electron chi connectivity index (χ3n) is 3.00. The minimum atomic E-state index is -0.491. The Morgan fingerprint density at radius 3 is 2.53 bits per heavy atom. The van der Waals surface area contributed by atoms with Crippen LogP contribution < -0.4 is 11.5 Å². The van der Waals surface area contributed by atoms with E-state index in [9.17, 15) is 4.79 Å². The fraction of sp³-hybridized carbons (Fsp3) is 0.643. The number of carbonyl (C=O) groups is 1. The van der Waals surface area contributed by atoms with E-state index in [4.69, 9.17) is 16.2 Å². The summed E-state index contributed by atoms with van der Waals surface area (Å²) in [4.78, 5) is 14.0. The van der Waals surface area contributed by atoms with Gasteiger partial charge in [0.05, 0.1) is 6.04 Å². The topological polar surface area (TPSA) is 81.6 Å². The highest BCUT2D eigenvalue weighted by atomic mass is 16.6. The van der Waals surface area contributed by atoms with Crippen LogP contribution in [0.15, 0.2) is 24.0 Å². The monoisotopic (exact) mass is 267 g/mol. The number of ether oxygens (including phenoxy) is 1. The number of hydrogen-bond acceptors (Lipinski definition) is 4. The molecule has 5 heteroatoms. The van der Waals surface area contributed by atoms with Crippen molar-refractivity contribution in [3.8, 4) is 0 Å². The maximum absolute atomic E-state index is 12.2. The van der Waals surface area contributed by atoms with E-state index in [1.54, 1.807) is 11.0 Å². The molecule has 0 aromatic heterocycles. The Morgan fingerprint density at radius 1 is 1.32 bits per heavy atom. The molecule has 1 saturated heterocycles. The number of carbonyl (C=O) groups excluding carboxylic acids is 1. The van der Waals surface area contributed by atoms with E-state index in [1.807, 2.05) is 20.8 Å². The van der Waals surface area contributed by atoms with Gasteiger partial charge in [-0.25, -0.2) is 4.79 Å². The number of amides is 1. The van der Waals surface area contributed by atoms with Crippen LogP contribution in [0.5, 0.6) is 0 Å². The first-order chi connectivity index (χ1) is 8.89. The molecule has 19 heavy (non-hydrogen) atoms. The van der Waals surface area contributed by atoms with Crippen LogP contribution in [0, 0.1) is 0 Å². The van der Waals surface area contributed by atoms with Gasteiger partial charge >= 0.3 is 6.09 Å². The first-order valence-corrected chi connectivity index (χ1v) is 6.68. The molecular weight excluding hydrogens is 242 g/mol. The lowest BCUT2D eigenvalue weighted by atomic mass is 9.96. The van der Waals surface area contributed by atoms with Crippen molar-refractivity contribution in [1.82, 2.24) is 4.90 Å². The molecule has 1 fully saturated rings. The van der Waals surface area contributed by atoms with Gasteiger partial charge in [-0.1, -0.05) is 0 Å². The second kappa shape index (κ2) is 6.50. The predicted octanol–water partition coefficient (Wildman–Crippen LogP) is 2.09. The van der Waals surface area contributed by atoms with E-state index in [1.165, 1.54) is 12.4 Å². The molecule has 0 aromatic carbocycles. The van der Waals surface area contributed by atoms with Gasteiger partial charge in [0, 0.05) is 6.54 Å². The third kappa shape index (κ3) is 4.50. The summed E-state index contributed by atoms with van der Waals surface area (Å²) in [6.45, 7) is 6.28. The van der Waals surface area contributed by atoms with Crippen LogP contribution in [-0.2, 0) is 4.74 Å². The molecule has 1 unspecified atom stereocenters. The standard InChI is InChI=1S/C14H25N3O2/c1-14(2,3)19-13(18)17-9-5-4-6-12(17)11(10-16)7-8-15/h7-8,10,12H,4-6,9,15-16H2,1-3H3/b8-7-,11-10+. The molecule has 1 heterocycles. The largest absolute Gasteiger partial charge is 0.444 e. The highest BCUT2D eigenvalue weighted by Crippen LogP contribution is 2.25. The first-order valence-electron chi connectivity index (χ1n) is 6.68. The molecule has 1 aliphatic rings. The Kier molecular flexibility index (Phi) is 5.27. The van der Waals surface area contributed by atoms with E-state index in [2.05, 4.69) is 0 Å². The highest BCUT2D eigenvalue weighted by Gasteiger charge is 2.31. The molecule has 0 spiro atoms. The molecule has 0 aromatic rings. The number of nitrogens with zero attached hydrogens (tertiary/aromatic N) is 1. The molecule has 0 aliphatic carbocycles. The summed E-state index contributed by atoms with van der Waals surface area (Å²) in [7, 11) is 0. The lowest BCUT2D eigenvalue weighted by Crippen LogP contribution is -2.47. The first kappa shape index (κ1) is 15.4. The van der Waals surface area contributed by atoms with Crippen molar-refractivity contribution in [2.75, 3.05) is 6.54 Å². The zero-order valence-corrected chi connectivity index (χ0v) is 12.1. The Hall–Kier alpha value is -1.65. The van der Waals surface area contributed by atoms with E-state index in [-0.39, 0.29) is 12.1 Å². The number of nitrogens with two attached hydrogens (primary N) is 2. The Balaban J connectivity index is 2.86. The van der Waals surface area contributed by atoms with Crippen LogP contribution in [0.4, 0.5) is 4.79 Å². The van der Waals surface area contributed by atoms with E-state index in [0.29, 0.717) is 6.54 Å². The van der Waals surface area contributed by atoms with Crippen LogP contribution in [-0.4, -0.2) is 29.2 Å². The van der Waals surface area contributed by atoms with Crippen molar-refractivity contribution in [3.05, 3.63) is 24.0 Å². The summed E-state index contributed by atoms with van der Waals surface area (Å²) < 4.78 is 5.44. The molecule has 1 rings (SSSR count). The van der Waals surface area contributed by atoms with Crippen molar-refractivity contribution in [2.45, 2.75) is 51.7 Å². The minimum Gasteiger partial charge on any atom is -0.444 e. The second-order valence-electron chi connectivity index (χ2n) is 5.71. The minimum absolute atomic E-state index is 0.0478. The van der Waals surface area contributed by atoms with E-state index < -0.39 is 5.60 Å². The summed E-state index contributed by atoms with van der Waals surface area (Å²) in [5.74, 6) is 0. The van der Waals surface area contributed by atoms with Crippen LogP contribution in [0.2, 0.25) is 0 Å². The third-order valence-corrected chi connectivity index (χ3v) is 3.00. The molecule has 1 aliphatic heterocycles. The predicted molar refractivity (Wildman–Crippen MR) is 76.2 cm³/mol. The normalized spacial score (nSPS) is 21.7. The Morgan fingerprint density at radius 2 is 2.00 bits per heavy atom. The van der Waals surface area contributed by atoms with E-state index >= 15 is 0 Å². The Bertz CT molecular complexity index is 369. The molecule has 0 radical (unpaired) electrons. The fourth-order valence-corrected chi connectivity index (χ4v) is 2.21. The van der Waals surface area contributed by atoms with Crippen molar-refractivity contribution in [2.24, 2.45) is 11.5 Å². The smallest absolute Gasteiger partial charge is 0.410 e. The maximum atomic E-state index is 12.2. The van der Waals surface area contributed by atoms with Gasteiger partial charge in [-0.15, -0.1) is 0 Å². The second-order valence-corrected chi connectivity index (χ2v) is 5.71. The van der Waals surface area contributed by atoms with Gasteiger partial charge in [-0.05, 0) is 64.1 Å². The van der Waals surface area contributed by atoms with Gasteiger partial charge in [-0.2, -0.15) is 0 Å². The quantitative estimate of drug-likeness (QED) is 0.751. The van der Waals surface area contributed by atoms with Crippen molar-refractivity contribution >= 4 is 6.09 Å². The summed E-state index contributed by atoms with van der Waals surface area (Å²) >= 11 is 0. The fourth-order valence-electron chi connectivity index (χ4n) is 2.21. The van der Waals surface area contributed by atoms with Crippen molar-refractivity contribution in [3.63, 3.8) is 0 Å². The number of hydrogen-bond donors (Lipinski definition) is 2. The summed E-state index contributed by atoms with van der Waals surface area (Å²) in [5, 5.41) is 0. The van der Waals surface area contributed by atoms with Gasteiger partial charge in [0.2, 0.25) is 0 Å². The average molecular weight is 267 g/mol. The lowest BCUT2D eigenvalue weighted by molar-refractivity contribution is 0.0141. The summed E-state index contributed by atoms with van der Waals surface area (Å²) in [6.07, 6.45) is 7.35. The van der Waals surface area contributed by atoms with Crippen LogP contribution in [0.1, 0.15) is 40.0 Å². The van der Waals surface area contributed by atoms with Crippen molar-refractivity contribution in [1.29, 1.82) is 0 Å². The molecule has 5 nitrogen and oxygen atoms in total. The SMILES string of the molecule is CC(C)(C)OC(=O)N1CCCCC1C(/C=C\N)=C/N. The number of rotatable bonds is 2. The van der Waals surface area contributed by atoms with Gasteiger partial charge in [0.1, 0.15) is 5.60 Å². The van der Waals surface area contributed by atoms with Crippen molar-refractivity contribution < 1.29 is 9.53 Å². The van der Waals surface area contributed by atoms with Crippen LogP contribution in [0.3, 0.4) is 0 Å². The summed E-state index contributed by atoms with van der Waals surface area (Å²) in [5.41, 5.74) is 11.4.